The van der Waals surface area contributed by atoms with E-state index in [0.29, 0.717) is 0 Å². The second-order valence-corrected chi connectivity index (χ2v) is 9.43. The van der Waals surface area contributed by atoms with E-state index in [1.807, 2.05) is 42.5 Å². The molecule has 184 valence electrons. The van der Waals surface area contributed by atoms with Gasteiger partial charge in [0.2, 0.25) is 11.8 Å². The first-order valence-corrected chi connectivity index (χ1v) is 12.5. The number of rotatable bonds is 6. The molecule has 1 saturated heterocycles. The van der Waals surface area contributed by atoms with Gasteiger partial charge in [-0.25, -0.2) is 0 Å². The van der Waals surface area contributed by atoms with Gasteiger partial charge in [0.1, 0.15) is 0 Å². The lowest BCUT2D eigenvalue weighted by atomic mass is 9.93. The van der Waals surface area contributed by atoms with Crippen LogP contribution < -0.4 is 10.2 Å². The van der Waals surface area contributed by atoms with Crippen molar-refractivity contribution in [1.29, 1.82) is 0 Å². The van der Waals surface area contributed by atoms with Crippen LogP contribution in [0.4, 0.5) is 11.4 Å². The van der Waals surface area contributed by atoms with Crippen LogP contribution in [-0.2, 0) is 16.1 Å². The third-order valence-electron chi connectivity index (χ3n) is 6.99. The van der Waals surface area contributed by atoms with Crippen molar-refractivity contribution in [2.45, 2.75) is 25.9 Å². The van der Waals surface area contributed by atoms with Crippen molar-refractivity contribution in [3.8, 4) is 0 Å². The Bertz CT molecular complexity index is 1230. The largest absolute Gasteiger partial charge is 0.369 e. The van der Waals surface area contributed by atoms with Crippen molar-refractivity contribution in [3.63, 3.8) is 0 Å². The van der Waals surface area contributed by atoms with Crippen LogP contribution in [0.15, 0.2) is 85.1 Å². The number of fused-ring (bicyclic) bond motifs is 1. The quantitative estimate of drug-likeness (QED) is 0.545. The van der Waals surface area contributed by atoms with E-state index in [1.165, 1.54) is 18.2 Å². The van der Waals surface area contributed by atoms with Crippen LogP contribution in [-0.4, -0.2) is 47.8 Å². The van der Waals surface area contributed by atoms with Gasteiger partial charge in [0.05, 0.1) is 12.5 Å². The highest BCUT2D eigenvalue weighted by Gasteiger charge is 2.28. The minimum Gasteiger partial charge on any atom is -0.369 e. The van der Waals surface area contributed by atoms with Crippen molar-refractivity contribution in [1.82, 2.24) is 9.80 Å². The standard InChI is InChI=1S/C30H32N4O2/c1-23(35)34-16-15-25-9-5-6-10-28(25)29(34)21-30(36)31-26-11-13-27(14-12-26)33-19-17-32(18-20-33)22-24-7-3-2-4-8-24/h2-16,29H,17-22H2,1H3,(H,31,36)/t29-/m1/s1. The molecule has 2 heterocycles. The Hall–Kier alpha value is -3.90. The molecule has 1 N–H and O–H groups in total. The van der Waals surface area contributed by atoms with E-state index < -0.39 is 0 Å². The van der Waals surface area contributed by atoms with Gasteiger partial charge < -0.3 is 15.1 Å². The molecule has 0 aliphatic carbocycles. The first kappa shape index (κ1) is 23.8. The predicted molar refractivity (Wildman–Crippen MR) is 144 cm³/mol. The SMILES string of the molecule is CC(=O)N1C=Cc2ccccc2[C@H]1CC(=O)Nc1ccc(N2CCN(Cc3ccccc3)CC2)cc1. The maximum atomic E-state index is 12.9. The van der Waals surface area contributed by atoms with E-state index in [-0.39, 0.29) is 24.3 Å². The first-order valence-electron chi connectivity index (χ1n) is 12.5. The zero-order valence-electron chi connectivity index (χ0n) is 20.6. The summed E-state index contributed by atoms with van der Waals surface area (Å²) in [6, 6.07) is 26.3. The molecular weight excluding hydrogens is 448 g/mol. The van der Waals surface area contributed by atoms with E-state index >= 15 is 0 Å². The Labute approximate surface area is 212 Å². The lowest BCUT2D eigenvalue weighted by Gasteiger charge is -2.36. The van der Waals surface area contributed by atoms with Crippen LogP contribution in [0, 0.1) is 0 Å². The molecule has 0 saturated carbocycles. The van der Waals surface area contributed by atoms with Gasteiger partial charge in [0.15, 0.2) is 0 Å². The second-order valence-electron chi connectivity index (χ2n) is 9.43. The highest BCUT2D eigenvalue weighted by molar-refractivity contribution is 5.92. The summed E-state index contributed by atoms with van der Waals surface area (Å²) in [7, 11) is 0. The molecule has 0 radical (unpaired) electrons. The van der Waals surface area contributed by atoms with Gasteiger partial charge in [-0.3, -0.25) is 14.5 Å². The molecule has 3 aromatic carbocycles. The van der Waals surface area contributed by atoms with Gasteiger partial charge in [-0.05, 0) is 47.0 Å². The number of carbonyl (C=O) groups is 2. The number of hydrogen-bond acceptors (Lipinski definition) is 4. The average molecular weight is 481 g/mol. The summed E-state index contributed by atoms with van der Waals surface area (Å²) >= 11 is 0. The normalized spacial score (nSPS) is 17.5. The fraction of sp³-hybridized carbons (Fsp3) is 0.267. The molecule has 2 aliphatic heterocycles. The minimum atomic E-state index is -0.310. The number of piperazine rings is 1. The monoisotopic (exact) mass is 480 g/mol. The predicted octanol–water partition coefficient (Wildman–Crippen LogP) is 4.91. The van der Waals surface area contributed by atoms with Crippen LogP contribution in [0.5, 0.6) is 0 Å². The van der Waals surface area contributed by atoms with Crippen LogP contribution in [0.1, 0.15) is 36.1 Å². The van der Waals surface area contributed by atoms with E-state index in [2.05, 4.69) is 57.6 Å². The third kappa shape index (κ3) is 5.50. The molecule has 0 spiro atoms. The number of anilines is 2. The van der Waals surface area contributed by atoms with Crippen molar-refractivity contribution < 1.29 is 9.59 Å². The molecule has 6 heteroatoms. The van der Waals surface area contributed by atoms with Crippen LogP contribution >= 0.6 is 0 Å². The lowest BCUT2D eigenvalue weighted by molar-refractivity contribution is -0.129. The maximum absolute atomic E-state index is 12.9. The highest BCUT2D eigenvalue weighted by atomic mass is 16.2. The maximum Gasteiger partial charge on any atom is 0.226 e. The zero-order chi connectivity index (χ0) is 24.9. The van der Waals surface area contributed by atoms with E-state index in [1.54, 1.807) is 11.1 Å². The van der Waals surface area contributed by atoms with Gasteiger partial charge in [0, 0.05) is 57.2 Å². The highest BCUT2D eigenvalue weighted by Crippen LogP contribution is 2.33. The number of benzene rings is 3. The van der Waals surface area contributed by atoms with E-state index in [0.717, 1.165) is 49.5 Å². The van der Waals surface area contributed by atoms with Gasteiger partial charge >= 0.3 is 0 Å². The van der Waals surface area contributed by atoms with E-state index in [4.69, 9.17) is 0 Å². The summed E-state index contributed by atoms with van der Waals surface area (Å²) in [5.74, 6) is -0.189. The van der Waals surface area contributed by atoms with Crippen LogP contribution in [0.3, 0.4) is 0 Å². The smallest absolute Gasteiger partial charge is 0.226 e. The van der Waals surface area contributed by atoms with Crippen molar-refractivity contribution in [3.05, 3.63) is 102 Å². The molecule has 1 fully saturated rings. The molecule has 2 aliphatic rings. The van der Waals surface area contributed by atoms with E-state index in [9.17, 15) is 9.59 Å². The van der Waals surface area contributed by atoms with Crippen LogP contribution in [0.25, 0.3) is 6.08 Å². The third-order valence-corrected chi connectivity index (χ3v) is 6.99. The van der Waals surface area contributed by atoms with Crippen molar-refractivity contribution >= 4 is 29.3 Å². The van der Waals surface area contributed by atoms with Crippen LogP contribution in [0.2, 0.25) is 0 Å². The Kier molecular flexibility index (Phi) is 7.14. The summed E-state index contributed by atoms with van der Waals surface area (Å²) in [6.07, 6.45) is 3.90. The molecule has 5 rings (SSSR count). The summed E-state index contributed by atoms with van der Waals surface area (Å²) in [6.45, 7) is 6.53. The molecule has 0 aromatic heterocycles. The molecule has 2 amide bonds. The van der Waals surface area contributed by atoms with Gasteiger partial charge in [0.25, 0.3) is 0 Å². The van der Waals surface area contributed by atoms with Crippen molar-refractivity contribution in [2.75, 3.05) is 36.4 Å². The molecule has 0 unspecified atom stereocenters. The molecular formula is C30H32N4O2. The summed E-state index contributed by atoms with van der Waals surface area (Å²) in [5.41, 5.74) is 5.32. The molecule has 1 atom stereocenters. The topological polar surface area (TPSA) is 55.9 Å². The average Bonchev–Trinajstić information content (AvgIpc) is 2.90. The number of hydrogen-bond donors (Lipinski definition) is 1. The Morgan fingerprint density at radius 1 is 0.861 bits per heavy atom. The lowest BCUT2D eigenvalue weighted by Crippen LogP contribution is -2.45. The zero-order valence-corrected chi connectivity index (χ0v) is 20.6. The summed E-state index contributed by atoms with van der Waals surface area (Å²) < 4.78 is 0. The van der Waals surface area contributed by atoms with Gasteiger partial charge in [-0.15, -0.1) is 0 Å². The molecule has 3 aromatic rings. The van der Waals surface area contributed by atoms with Gasteiger partial charge in [-0.1, -0.05) is 54.6 Å². The summed E-state index contributed by atoms with van der Waals surface area (Å²) in [4.78, 5) is 31.7. The fourth-order valence-corrected chi connectivity index (χ4v) is 5.06. The number of carbonyl (C=O) groups excluding carboxylic acids is 2. The first-order chi connectivity index (χ1) is 17.6. The number of nitrogens with one attached hydrogen (secondary N) is 1. The number of nitrogens with zero attached hydrogens (tertiary/aromatic N) is 3. The second kappa shape index (κ2) is 10.8. The minimum absolute atomic E-state index is 0.0771. The van der Waals surface area contributed by atoms with Gasteiger partial charge in [-0.2, -0.15) is 0 Å². The Morgan fingerprint density at radius 2 is 1.56 bits per heavy atom. The molecule has 0 bridgehead atoms. The Morgan fingerprint density at radius 3 is 2.28 bits per heavy atom. The molecule has 6 nitrogen and oxygen atoms in total. The fourth-order valence-electron chi connectivity index (χ4n) is 5.06. The number of amides is 2. The summed E-state index contributed by atoms with van der Waals surface area (Å²) in [5, 5.41) is 3.02. The van der Waals surface area contributed by atoms with Crippen molar-refractivity contribution in [2.24, 2.45) is 0 Å². The Balaban J connectivity index is 1.16. The molecule has 36 heavy (non-hydrogen) atoms.